The minimum absolute atomic E-state index is 0.00953. The predicted octanol–water partition coefficient (Wildman–Crippen LogP) is 3.55. The Morgan fingerprint density at radius 3 is 2.67 bits per heavy atom. The first kappa shape index (κ1) is 31.8. The van der Waals surface area contributed by atoms with Crippen molar-refractivity contribution in [1.29, 1.82) is 0 Å². The zero-order chi connectivity index (χ0) is 33.1. The third-order valence-corrected chi connectivity index (χ3v) is 9.42. The SMILES string of the molecule is CC[C@@]1(O)C(=O)OCc2c1cc1n(c2=O)Cc2c-1nc1cc(F)c(C)c3c1c2[C@@H](NC(=O)COCNC(=O)CCC(C)(C)C)CC3. The van der Waals surface area contributed by atoms with Gasteiger partial charge >= 0.3 is 5.97 Å². The number of hydrogen-bond acceptors (Lipinski definition) is 8. The Kier molecular flexibility index (Phi) is 8.00. The van der Waals surface area contributed by atoms with Crippen LogP contribution in [0.4, 0.5) is 4.39 Å². The van der Waals surface area contributed by atoms with Gasteiger partial charge in [-0.05, 0) is 60.8 Å². The monoisotopic (exact) mass is 634 g/mol. The lowest BCUT2D eigenvalue weighted by molar-refractivity contribution is -0.172. The summed E-state index contributed by atoms with van der Waals surface area (Å²) in [7, 11) is 0. The van der Waals surface area contributed by atoms with Gasteiger partial charge in [0.05, 0.1) is 35.1 Å². The van der Waals surface area contributed by atoms with Gasteiger partial charge < -0.3 is 29.8 Å². The maximum Gasteiger partial charge on any atom is 0.343 e. The Balaban J connectivity index is 1.32. The van der Waals surface area contributed by atoms with Crippen LogP contribution in [0, 0.1) is 18.2 Å². The number of cyclic esters (lactones) is 1. The van der Waals surface area contributed by atoms with E-state index < -0.39 is 29.0 Å². The van der Waals surface area contributed by atoms with Gasteiger partial charge in [-0.25, -0.2) is 14.2 Å². The predicted molar refractivity (Wildman–Crippen MR) is 166 cm³/mol. The molecule has 46 heavy (non-hydrogen) atoms. The number of carbonyl (C=O) groups excluding carboxylic acids is 3. The van der Waals surface area contributed by atoms with Crippen LogP contribution in [0.2, 0.25) is 0 Å². The van der Waals surface area contributed by atoms with Gasteiger partial charge in [0.15, 0.2) is 5.60 Å². The molecule has 3 aliphatic rings. The number of esters is 1. The smallest absolute Gasteiger partial charge is 0.343 e. The van der Waals surface area contributed by atoms with Crippen molar-refractivity contribution in [3.63, 3.8) is 0 Å². The van der Waals surface area contributed by atoms with E-state index in [9.17, 15) is 24.3 Å². The zero-order valence-electron chi connectivity index (χ0n) is 26.8. The molecule has 0 bridgehead atoms. The number of amides is 2. The van der Waals surface area contributed by atoms with Gasteiger partial charge in [-0.2, -0.15) is 0 Å². The molecule has 0 radical (unpaired) electrons. The number of halogens is 1. The Morgan fingerprint density at radius 1 is 1.20 bits per heavy atom. The van der Waals surface area contributed by atoms with Gasteiger partial charge in [0, 0.05) is 29.0 Å². The second-order valence-corrected chi connectivity index (χ2v) is 13.6. The van der Waals surface area contributed by atoms with E-state index in [0.717, 1.165) is 22.9 Å². The van der Waals surface area contributed by atoms with Crippen molar-refractivity contribution in [3.8, 4) is 11.4 Å². The number of aryl methyl sites for hydroxylation is 1. The number of nitrogens with zero attached hydrogens (tertiary/aromatic N) is 2. The number of aliphatic hydroxyl groups is 1. The average molecular weight is 635 g/mol. The fourth-order valence-corrected chi connectivity index (χ4v) is 6.79. The highest BCUT2D eigenvalue weighted by molar-refractivity contribution is 5.94. The van der Waals surface area contributed by atoms with Crippen molar-refractivity contribution in [3.05, 3.63) is 61.7 Å². The summed E-state index contributed by atoms with van der Waals surface area (Å²) in [5, 5.41) is 17.7. The van der Waals surface area contributed by atoms with E-state index in [1.165, 1.54) is 10.6 Å². The molecule has 0 saturated carbocycles. The Morgan fingerprint density at radius 2 is 1.96 bits per heavy atom. The van der Waals surface area contributed by atoms with E-state index in [1.54, 1.807) is 19.9 Å². The van der Waals surface area contributed by atoms with Gasteiger partial charge in [0.25, 0.3) is 5.56 Å². The maximum atomic E-state index is 15.1. The molecule has 2 aliphatic heterocycles. The normalized spacial score (nSPS) is 19.7. The van der Waals surface area contributed by atoms with Crippen molar-refractivity contribution in [2.45, 2.75) is 91.5 Å². The molecular formula is C34H39FN4O7. The quantitative estimate of drug-likeness (QED) is 0.151. The summed E-state index contributed by atoms with van der Waals surface area (Å²) >= 11 is 0. The first-order valence-corrected chi connectivity index (χ1v) is 15.7. The number of nitrogens with one attached hydrogen (secondary N) is 2. The van der Waals surface area contributed by atoms with E-state index in [0.29, 0.717) is 47.3 Å². The van der Waals surface area contributed by atoms with Gasteiger partial charge in [-0.15, -0.1) is 0 Å². The molecule has 0 unspecified atom stereocenters. The molecule has 3 aromatic rings. The molecule has 244 valence electrons. The lowest BCUT2D eigenvalue weighted by Crippen LogP contribution is -2.44. The average Bonchev–Trinajstić information content (AvgIpc) is 3.38. The number of fused-ring (bicyclic) bond motifs is 5. The van der Waals surface area contributed by atoms with Crippen LogP contribution in [0.3, 0.4) is 0 Å². The Hall–Kier alpha value is -4.16. The second kappa shape index (κ2) is 11.6. The van der Waals surface area contributed by atoms with E-state index in [-0.39, 0.29) is 61.3 Å². The van der Waals surface area contributed by atoms with Crippen molar-refractivity contribution in [1.82, 2.24) is 20.2 Å². The van der Waals surface area contributed by atoms with Crippen LogP contribution < -0.4 is 16.2 Å². The fraction of sp³-hybridized carbons (Fsp3) is 0.500. The largest absolute Gasteiger partial charge is 0.458 e. The van der Waals surface area contributed by atoms with Crippen LogP contribution in [0.15, 0.2) is 16.9 Å². The topological polar surface area (TPSA) is 149 Å². The van der Waals surface area contributed by atoms with Crippen LogP contribution in [0.1, 0.15) is 92.8 Å². The Bertz CT molecular complexity index is 1860. The number of benzene rings is 1. The van der Waals surface area contributed by atoms with E-state index >= 15 is 4.39 Å². The van der Waals surface area contributed by atoms with E-state index in [2.05, 4.69) is 31.4 Å². The molecule has 1 aliphatic carbocycles. The van der Waals surface area contributed by atoms with Crippen LogP contribution in [-0.4, -0.2) is 45.8 Å². The molecule has 0 spiro atoms. The molecule has 3 N–H and O–H groups in total. The van der Waals surface area contributed by atoms with Crippen molar-refractivity contribution < 1.29 is 33.4 Å². The van der Waals surface area contributed by atoms with Gasteiger partial charge in [0.2, 0.25) is 11.8 Å². The first-order chi connectivity index (χ1) is 21.7. The van der Waals surface area contributed by atoms with E-state index in [4.69, 9.17) is 14.5 Å². The summed E-state index contributed by atoms with van der Waals surface area (Å²) in [5.74, 6) is -1.75. The third kappa shape index (κ3) is 5.37. The summed E-state index contributed by atoms with van der Waals surface area (Å²) in [6.45, 7) is 9.04. The van der Waals surface area contributed by atoms with Crippen LogP contribution in [0.25, 0.3) is 22.3 Å². The molecule has 1 aromatic carbocycles. The summed E-state index contributed by atoms with van der Waals surface area (Å²) in [4.78, 5) is 56.4. The van der Waals surface area contributed by atoms with E-state index in [1.807, 2.05) is 0 Å². The lowest BCUT2D eigenvalue weighted by atomic mass is 9.81. The summed E-state index contributed by atoms with van der Waals surface area (Å²) in [6, 6.07) is 2.50. The van der Waals surface area contributed by atoms with Gasteiger partial charge in [-0.3, -0.25) is 14.4 Å². The highest BCUT2D eigenvalue weighted by Gasteiger charge is 2.46. The third-order valence-electron chi connectivity index (χ3n) is 9.42. The van der Waals surface area contributed by atoms with Crippen LogP contribution in [-0.2, 0) is 49.0 Å². The second-order valence-electron chi connectivity index (χ2n) is 13.6. The molecule has 2 aromatic heterocycles. The summed E-state index contributed by atoms with van der Waals surface area (Å²) in [5.41, 5.74) is 2.06. The van der Waals surface area contributed by atoms with Crippen LogP contribution in [0.5, 0.6) is 0 Å². The van der Waals surface area contributed by atoms with Gasteiger partial charge in [-0.1, -0.05) is 27.7 Å². The summed E-state index contributed by atoms with van der Waals surface area (Å²) in [6.07, 6.45) is 2.08. The lowest BCUT2D eigenvalue weighted by Gasteiger charge is -2.31. The van der Waals surface area contributed by atoms with Crippen molar-refractivity contribution in [2.75, 3.05) is 13.3 Å². The molecule has 6 rings (SSSR count). The van der Waals surface area contributed by atoms with Crippen molar-refractivity contribution in [2.24, 2.45) is 5.41 Å². The molecule has 11 nitrogen and oxygen atoms in total. The zero-order valence-corrected chi connectivity index (χ0v) is 26.8. The standard InChI is InChI=1S/C34H39FN4O7/c1-6-34(44)21-11-25-30-19(13-39(25)31(42)20(21)14-46-32(34)43)29-23(8-7-18-17(2)22(35)12-24(38-30)28(18)29)37-27(41)15-45-16-36-26(40)9-10-33(3,4)5/h11-12,23,44H,6-10,13-16H2,1-5H3,(H,36,40)(H,37,41)/t23-,34-/m0/s1. The highest BCUT2D eigenvalue weighted by atomic mass is 19.1. The fourth-order valence-electron chi connectivity index (χ4n) is 6.79. The molecular weight excluding hydrogens is 595 g/mol. The molecule has 4 heterocycles. The van der Waals surface area contributed by atoms with Crippen molar-refractivity contribution >= 4 is 28.7 Å². The number of pyridine rings is 2. The number of aromatic nitrogens is 2. The minimum atomic E-state index is -1.98. The highest BCUT2D eigenvalue weighted by Crippen LogP contribution is 2.45. The Labute approximate surface area is 265 Å². The molecule has 0 fully saturated rings. The van der Waals surface area contributed by atoms with Gasteiger partial charge in [0.1, 0.15) is 25.8 Å². The number of rotatable bonds is 8. The molecule has 2 amide bonds. The number of carbonyl (C=O) groups is 3. The molecule has 2 atom stereocenters. The number of ether oxygens (including phenoxy) is 2. The maximum absolute atomic E-state index is 15.1. The minimum Gasteiger partial charge on any atom is -0.458 e. The number of hydrogen-bond donors (Lipinski definition) is 3. The molecule has 0 saturated heterocycles. The van der Waals surface area contributed by atoms with Crippen LogP contribution >= 0.6 is 0 Å². The molecule has 12 heteroatoms. The summed E-state index contributed by atoms with van der Waals surface area (Å²) < 4.78 is 27.3. The first-order valence-electron chi connectivity index (χ1n) is 15.7.